The summed E-state index contributed by atoms with van der Waals surface area (Å²) in [5, 5.41) is 2.30. The molecule has 0 saturated carbocycles. The Morgan fingerprint density at radius 1 is 0.864 bits per heavy atom. The third kappa shape index (κ3) is 2.66. The molecule has 1 heterocycles. The second-order valence-corrected chi connectivity index (χ2v) is 4.83. The first-order chi connectivity index (χ1) is 10.8. The van der Waals surface area contributed by atoms with Gasteiger partial charge in [0, 0.05) is 17.1 Å². The first-order valence-electron chi connectivity index (χ1n) is 7.06. The molecule has 3 heteroatoms. The molecule has 0 spiro atoms. The van der Waals surface area contributed by atoms with E-state index in [0.29, 0.717) is 0 Å². The lowest BCUT2D eigenvalue weighted by Crippen LogP contribution is -1.92. The monoisotopic (exact) mass is 291 g/mol. The van der Waals surface area contributed by atoms with E-state index in [0.717, 1.165) is 28.1 Å². The minimum absolute atomic E-state index is 0.718. The van der Waals surface area contributed by atoms with Crippen LogP contribution in [0.2, 0.25) is 0 Å². The molecule has 0 aliphatic rings. The Labute approximate surface area is 129 Å². The highest BCUT2D eigenvalue weighted by atomic mass is 16.5. The predicted octanol–water partition coefficient (Wildman–Crippen LogP) is 4.42. The average Bonchev–Trinajstić information content (AvgIpc) is 2.59. The fourth-order valence-corrected chi connectivity index (χ4v) is 2.49. The van der Waals surface area contributed by atoms with E-state index in [2.05, 4.69) is 17.1 Å². The SMILES string of the molecule is COc1cccc(/C=C\c2nccc3ccccc23)c1OC. The molecule has 22 heavy (non-hydrogen) atoms. The number of pyridine rings is 1. The van der Waals surface area contributed by atoms with Gasteiger partial charge in [0.1, 0.15) is 0 Å². The summed E-state index contributed by atoms with van der Waals surface area (Å²) in [5.74, 6) is 1.44. The van der Waals surface area contributed by atoms with Gasteiger partial charge in [-0.15, -0.1) is 0 Å². The highest BCUT2D eigenvalue weighted by Crippen LogP contribution is 2.32. The molecular weight excluding hydrogens is 274 g/mol. The second kappa shape index (κ2) is 6.31. The van der Waals surface area contributed by atoms with Crippen molar-refractivity contribution in [3.05, 3.63) is 66.0 Å². The molecule has 2 aromatic carbocycles. The van der Waals surface area contributed by atoms with Crippen molar-refractivity contribution in [1.29, 1.82) is 0 Å². The van der Waals surface area contributed by atoms with Gasteiger partial charge >= 0.3 is 0 Å². The first kappa shape index (κ1) is 14.1. The Bertz CT molecular complexity index is 819. The summed E-state index contributed by atoms with van der Waals surface area (Å²) in [5.41, 5.74) is 1.89. The molecule has 0 radical (unpaired) electrons. The summed E-state index contributed by atoms with van der Waals surface area (Å²) in [6.45, 7) is 0. The zero-order valence-corrected chi connectivity index (χ0v) is 12.6. The smallest absolute Gasteiger partial charge is 0.167 e. The number of benzene rings is 2. The molecule has 0 aliphatic carbocycles. The number of nitrogens with zero attached hydrogens (tertiary/aromatic N) is 1. The quantitative estimate of drug-likeness (QED) is 0.713. The van der Waals surface area contributed by atoms with Gasteiger partial charge in [-0.05, 0) is 29.7 Å². The highest BCUT2D eigenvalue weighted by Gasteiger charge is 2.07. The van der Waals surface area contributed by atoms with Crippen LogP contribution in [0.5, 0.6) is 11.5 Å². The Morgan fingerprint density at radius 2 is 1.73 bits per heavy atom. The lowest BCUT2D eigenvalue weighted by molar-refractivity contribution is 0.354. The van der Waals surface area contributed by atoms with Crippen LogP contribution in [-0.4, -0.2) is 19.2 Å². The van der Waals surface area contributed by atoms with E-state index >= 15 is 0 Å². The third-order valence-electron chi connectivity index (χ3n) is 3.56. The maximum Gasteiger partial charge on any atom is 0.167 e. The summed E-state index contributed by atoms with van der Waals surface area (Å²) in [4.78, 5) is 4.46. The number of para-hydroxylation sites is 1. The molecule has 0 saturated heterocycles. The van der Waals surface area contributed by atoms with E-state index in [-0.39, 0.29) is 0 Å². The number of hydrogen-bond donors (Lipinski definition) is 0. The van der Waals surface area contributed by atoms with Gasteiger partial charge < -0.3 is 9.47 Å². The lowest BCUT2D eigenvalue weighted by Gasteiger charge is -2.09. The van der Waals surface area contributed by atoms with E-state index in [1.165, 1.54) is 5.39 Å². The molecule has 1 aromatic heterocycles. The third-order valence-corrected chi connectivity index (χ3v) is 3.56. The molecule has 0 N–H and O–H groups in total. The molecule has 0 bridgehead atoms. The zero-order valence-electron chi connectivity index (χ0n) is 12.6. The number of rotatable bonds is 4. The standard InChI is InChI=1S/C19H17NO2/c1-21-18-9-5-7-15(19(18)22-2)10-11-17-16-8-4-3-6-14(16)12-13-20-17/h3-13H,1-2H3/b11-10-. The Kier molecular flexibility index (Phi) is 4.05. The molecule has 110 valence electrons. The average molecular weight is 291 g/mol. The van der Waals surface area contributed by atoms with Crippen molar-refractivity contribution >= 4 is 22.9 Å². The molecule has 0 fully saturated rings. The summed E-state index contributed by atoms with van der Waals surface area (Å²) in [6.07, 6.45) is 5.82. The van der Waals surface area contributed by atoms with Gasteiger partial charge in [0.25, 0.3) is 0 Å². The van der Waals surface area contributed by atoms with E-state index in [1.807, 2.05) is 54.7 Å². The molecular formula is C19H17NO2. The van der Waals surface area contributed by atoms with Gasteiger partial charge in [-0.2, -0.15) is 0 Å². The van der Waals surface area contributed by atoms with Gasteiger partial charge in [0.05, 0.1) is 19.9 Å². The maximum absolute atomic E-state index is 5.45. The van der Waals surface area contributed by atoms with Crippen LogP contribution in [0.1, 0.15) is 11.3 Å². The van der Waals surface area contributed by atoms with Gasteiger partial charge in [-0.25, -0.2) is 0 Å². The van der Waals surface area contributed by atoms with Crippen LogP contribution in [0.25, 0.3) is 22.9 Å². The summed E-state index contributed by atoms with van der Waals surface area (Å²) in [6, 6.07) is 16.0. The van der Waals surface area contributed by atoms with Crippen LogP contribution >= 0.6 is 0 Å². The van der Waals surface area contributed by atoms with Crippen molar-refractivity contribution in [2.75, 3.05) is 14.2 Å². The number of aromatic nitrogens is 1. The minimum atomic E-state index is 0.718. The van der Waals surface area contributed by atoms with Crippen LogP contribution in [0.3, 0.4) is 0 Å². The van der Waals surface area contributed by atoms with E-state index in [9.17, 15) is 0 Å². The largest absolute Gasteiger partial charge is 0.493 e. The number of ether oxygens (including phenoxy) is 2. The maximum atomic E-state index is 5.45. The van der Waals surface area contributed by atoms with Crippen molar-refractivity contribution in [1.82, 2.24) is 4.98 Å². The van der Waals surface area contributed by atoms with Crippen molar-refractivity contribution in [2.24, 2.45) is 0 Å². The predicted molar refractivity (Wildman–Crippen MR) is 90.2 cm³/mol. The molecule has 0 amide bonds. The van der Waals surface area contributed by atoms with Gasteiger partial charge in [0.2, 0.25) is 0 Å². The fraction of sp³-hybridized carbons (Fsp3) is 0.105. The van der Waals surface area contributed by atoms with Crippen LogP contribution in [0.15, 0.2) is 54.7 Å². The van der Waals surface area contributed by atoms with Crippen molar-refractivity contribution in [3.63, 3.8) is 0 Å². The molecule has 0 atom stereocenters. The number of fused-ring (bicyclic) bond motifs is 1. The summed E-state index contributed by atoms with van der Waals surface area (Å²) < 4.78 is 10.8. The molecule has 3 aromatic rings. The minimum Gasteiger partial charge on any atom is -0.493 e. The van der Waals surface area contributed by atoms with Gasteiger partial charge in [-0.1, -0.05) is 36.4 Å². The summed E-state index contributed by atoms with van der Waals surface area (Å²) in [7, 11) is 3.28. The van der Waals surface area contributed by atoms with Gasteiger partial charge in [0.15, 0.2) is 11.5 Å². The second-order valence-electron chi connectivity index (χ2n) is 4.83. The van der Waals surface area contributed by atoms with Crippen molar-refractivity contribution in [2.45, 2.75) is 0 Å². The number of hydrogen-bond acceptors (Lipinski definition) is 3. The molecule has 0 unspecified atom stereocenters. The number of methoxy groups -OCH3 is 2. The van der Waals surface area contributed by atoms with Crippen molar-refractivity contribution in [3.8, 4) is 11.5 Å². The van der Waals surface area contributed by atoms with Gasteiger partial charge in [-0.3, -0.25) is 4.98 Å². The topological polar surface area (TPSA) is 31.4 Å². The van der Waals surface area contributed by atoms with Crippen LogP contribution in [0, 0.1) is 0 Å². The van der Waals surface area contributed by atoms with Crippen LogP contribution in [0.4, 0.5) is 0 Å². The summed E-state index contributed by atoms with van der Waals surface area (Å²) >= 11 is 0. The highest BCUT2D eigenvalue weighted by molar-refractivity contribution is 5.91. The van der Waals surface area contributed by atoms with E-state index < -0.39 is 0 Å². The normalized spacial score (nSPS) is 11.0. The van der Waals surface area contributed by atoms with Crippen LogP contribution in [-0.2, 0) is 0 Å². The lowest BCUT2D eigenvalue weighted by atomic mass is 10.1. The Balaban J connectivity index is 2.04. The molecule has 3 nitrogen and oxygen atoms in total. The molecule has 3 rings (SSSR count). The first-order valence-corrected chi connectivity index (χ1v) is 7.06. The van der Waals surface area contributed by atoms with E-state index in [1.54, 1.807) is 14.2 Å². The van der Waals surface area contributed by atoms with E-state index in [4.69, 9.17) is 9.47 Å². The Hall–Kier alpha value is -2.81. The fourth-order valence-electron chi connectivity index (χ4n) is 2.49. The molecule has 0 aliphatic heterocycles. The zero-order chi connectivity index (χ0) is 15.4. The Morgan fingerprint density at radius 3 is 2.55 bits per heavy atom. The van der Waals surface area contributed by atoms with Crippen molar-refractivity contribution < 1.29 is 9.47 Å². The van der Waals surface area contributed by atoms with Crippen LogP contribution < -0.4 is 9.47 Å².